The van der Waals surface area contributed by atoms with Gasteiger partial charge in [0.25, 0.3) is 0 Å². The summed E-state index contributed by atoms with van der Waals surface area (Å²) in [5, 5.41) is 17.1. The van der Waals surface area contributed by atoms with Crippen LogP contribution >= 0.6 is 0 Å². The molecule has 0 spiro atoms. The first-order valence-electron chi connectivity index (χ1n) is 11.2. The zero-order valence-corrected chi connectivity index (χ0v) is 18.7. The van der Waals surface area contributed by atoms with Gasteiger partial charge < -0.3 is 14.6 Å². The summed E-state index contributed by atoms with van der Waals surface area (Å²) in [5.41, 5.74) is 7.29. The van der Waals surface area contributed by atoms with Crippen molar-refractivity contribution in [2.24, 2.45) is 0 Å². The van der Waals surface area contributed by atoms with Crippen molar-refractivity contribution < 1.29 is 19.4 Å². The number of aromatic amines is 1. The van der Waals surface area contributed by atoms with Gasteiger partial charge in [0, 0.05) is 11.5 Å². The number of benzene rings is 3. The molecule has 6 heteroatoms. The molecular weight excluding hydrogens is 428 g/mol. The number of ether oxygens (including phenoxy) is 2. The van der Waals surface area contributed by atoms with Gasteiger partial charge in [0.15, 0.2) is 11.5 Å². The molecule has 0 aliphatic carbocycles. The molecule has 0 saturated heterocycles. The molecule has 1 aliphatic rings. The first-order chi connectivity index (χ1) is 16.6. The molecule has 0 atom stereocenters. The minimum absolute atomic E-state index is 0.539. The van der Waals surface area contributed by atoms with E-state index < -0.39 is 5.97 Å². The molecule has 0 unspecified atom stereocenters. The largest absolute Gasteiger partial charge is 0.486 e. The first kappa shape index (κ1) is 21.5. The third-order valence-corrected chi connectivity index (χ3v) is 5.89. The summed E-state index contributed by atoms with van der Waals surface area (Å²) in [6.07, 6.45) is 5.37. The van der Waals surface area contributed by atoms with Gasteiger partial charge in [-0.2, -0.15) is 5.10 Å². The van der Waals surface area contributed by atoms with Crippen LogP contribution in [0.1, 0.15) is 35.6 Å². The topological polar surface area (TPSA) is 84.4 Å². The average Bonchev–Trinajstić information content (AvgIpc) is 3.34. The first-order valence-corrected chi connectivity index (χ1v) is 11.2. The number of carboxylic acids is 1. The van der Waals surface area contributed by atoms with Crippen LogP contribution in [0.3, 0.4) is 0 Å². The molecule has 1 aliphatic heterocycles. The predicted octanol–water partition coefficient (Wildman–Crippen LogP) is 5.80. The van der Waals surface area contributed by atoms with Gasteiger partial charge in [-0.3, -0.25) is 5.10 Å². The number of rotatable bonds is 6. The Labute approximate surface area is 197 Å². The third kappa shape index (κ3) is 4.30. The Hall–Kier alpha value is -4.32. The van der Waals surface area contributed by atoms with Crippen molar-refractivity contribution >= 4 is 34.1 Å². The molecule has 0 bridgehead atoms. The van der Waals surface area contributed by atoms with Crippen molar-refractivity contribution in [1.82, 2.24) is 10.2 Å². The minimum atomic E-state index is -0.968. The monoisotopic (exact) mass is 452 g/mol. The Kier molecular flexibility index (Phi) is 5.87. The Morgan fingerprint density at radius 3 is 2.47 bits per heavy atom. The number of aliphatic carboxylic acids is 1. The highest BCUT2D eigenvalue weighted by atomic mass is 16.6. The molecule has 1 aromatic heterocycles. The highest BCUT2D eigenvalue weighted by molar-refractivity contribution is 6.00. The third-order valence-electron chi connectivity index (χ3n) is 5.89. The maximum absolute atomic E-state index is 10.9. The molecular formula is C28H24N2O4. The van der Waals surface area contributed by atoms with Gasteiger partial charge in [-0.1, -0.05) is 43.3 Å². The summed E-state index contributed by atoms with van der Waals surface area (Å²) in [7, 11) is 0. The van der Waals surface area contributed by atoms with Crippen LogP contribution in [-0.2, 0) is 4.79 Å². The summed E-state index contributed by atoms with van der Waals surface area (Å²) >= 11 is 0. The fourth-order valence-electron chi connectivity index (χ4n) is 4.30. The molecule has 0 saturated carbocycles. The lowest BCUT2D eigenvalue weighted by molar-refractivity contribution is -0.131. The van der Waals surface area contributed by atoms with E-state index in [1.807, 2.05) is 48.7 Å². The summed E-state index contributed by atoms with van der Waals surface area (Å²) < 4.78 is 11.6. The molecule has 4 aromatic rings. The number of fused-ring (bicyclic) bond motifs is 2. The van der Waals surface area contributed by atoms with Crippen LogP contribution in [0.25, 0.3) is 28.1 Å². The molecule has 5 rings (SSSR count). The van der Waals surface area contributed by atoms with Crippen molar-refractivity contribution in [3.63, 3.8) is 0 Å². The predicted molar refractivity (Wildman–Crippen MR) is 133 cm³/mol. The molecule has 170 valence electrons. The molecule has 6 nitrogen and oxygen atoms in total. The van der Waals surface area contributed by atoms with E-state index in [4.69, 9.17) is 14.6 Å². The van der Waals surface area contributed by atoms with Gasteiger partial charge in [0.2, 0.25) is 0 Å². The highest BCUT2D eigenvalue weighted by Gasteiger charge is 2.17. The van der Waals surface area contributed by atoms with E-state index in [0.29, 0.717) is 13.2 Å². The van der Waals surface area contributed by atoms with Crippen LogP contribution in [0.5, 0.6) is 11.5 Å². The quantitative estimate of drug-likeness (QED) is 0.285. The Morgan fingerprint density at radius 1 is 0.971 bits per heavy atom. The summed E-state index contributed by atoms with van der Waals surface area (Å²) in [4.78, 5) is 10.9. The summed E-state index contributed by atoms with van der Waals surface area (Å²) in [6.45, 7) is 3.24. The Balaban J connectivity index is 1.68. The highest BCUT2D eigenvalue weighted by Crippen LogP contribution is 2.39. The number of aromatic nitrogens is 2. The SMILES string of the molecule is CCC(=C(c1ccc(C=CC(=O)O)cc1)c1ccc2[nH]ncc2c1)c1ccc2c(c1)OCCO2. The maximum atomic E-state index is 10.9. The smallest absolute Gasteiger partial charge is 0.328 e. The molecule has 0 radical (unpaired) electrons. The molecule has 3 aromatic carbocycles. The fourth-order valence-corrected chi connectivity index (χ4v) is 4.30. The summed E-state index contributed by atoms with van der Waals surface area (Å²) in [5.74, 6) is 0.555. The van der Waals surface area contributed by atoms with Gasteiger partial charge in [0.1, 0.15) is 13.2 Å². The van der Waals surface area contributed by atoms with E-state index in [2.05, 4.69) is 35.3 Å². The van der Waals surface area contributed by atoms with Crippen molar-refractivity contribution in [3.05, 3.63) is 95.2 Å². The standard InChI is InChI=1S/C28H24N2O4/c1-2-23(20-9-11-25-26(16-20)34-14-13-33-25)28(21-8-10-24-22(15-21)17-29-30-24)19-6-3-18(4-7-19)5-12-27(31)32/h3-12,15-17H,2,13-14H2,1H3,(H,29,30)(H,31,32). The Morgan fingerprint density at radius 2 is 1.71 bits per heavy atom. The number of nitrogens with one attached hydrogen (secondary N) is 1. The van der Waals surface area contributed by atoms with E-state index >= 15 is 0 Å². The van der Waals surface area contributed by atoms with Crippen LogP contribution in [0.4, 0.5) is 0 Å². The maximum Gasteiger partial charge on any atom is 0.328 e. The molecule has 0 fully saturated rings. The Bertz CT molecular complexity index is 1410. The van der Waals surface area contributed by atoms with Gasteiger partial charge in [-0.15, -0.1) is 0 Å². The minimum Gasteiger partial charge on any atom is -0.486 e. The van der Waals surface area contributed by atoms with Crippen molar-refractivity contribution in [1.29, 1.82) is 0 Å². The lowest BCUT2D eigenvalue weighted by atomic mass is 9.87. The lowest BCUT2D eigenvalue weighted by Gasteiger charge is -2.21. The van der Waals surface area contributed by atoms with Gasteiger partial charge in [0.05, 0.1) is 11.7 Å². The van der Waals surface area contributed by atoms with E-state index in [1.54, 1.807) is 6.08 Å². The molecule has 0 amide bonds. The number of nitrogens with zero attached hydrogens (tertiary/aromatic N) is 1. The van der Waals surface area contributed by atoms with E-state index in [-0.39, 0.29) is 0 Å². The van der Waals surface area contributed by atoms with Crippen LogP contribution in [0.2, 0.25) is 0 Å². The van der Waals surface area contributed by atoms with Crippen LogP contribution in [0, 0.1) is 0 Å². The van der Waals surface area contributed by atoms with Crippen molar-refractivity contribution in [2.75, 3.05) is 13.2 Å². The number of hydrogen-bond acceptors (Lipinski definition) is 4. The van der Waals surface area contributed by atoms with Gasteiger partial charge in [-0.25, -0.2) is 4.79 Å². The zero-order chi connectivity index (χ0) is 23.5. The van der Waals surface area contributed by atoms with Crippen molar-refractivity contribution in [3.8, 4) is 11.5 Å². The number of carboxylic acid groups (broad SMARTS) is 1. The second kappa shape index (κ2) is 9.27. The second-order valence-corrected chi connectivity index (χ2v) is 8.03. The van der Waals surface area contributed by atoms with Crippen molar-refractivity contribution in [2.45, 2.75) is 13.3 Å². The van der Waals surface area contributed by atoms with Gasteiger partial charge in [-0.05, 0) is 70.2 Å². The lowest BCUT2D eigenvalue weighted by Crippen LogP contribution is -2.15. The number of H-pyrrole nitrogens is 1. The molecule has 2 N–H and O–H groups in total. The zero-order valence-electron chi connectivity index (χ0n) is 18.7. The molecule has 34 heavy (non-hydrogen) atoms. The number of allylic oxidation sites excluding steroid dienone is 1. The van der Waals surface area contributed by atoms with Gasteiger partial charge >= 0.3 is 5.97 Å². The number of carbonyl (C=O) groups is 1. The number of hydrogen-bond donors (Lipinski definition) is 2. The molecule has 2 heterocycles. The van der Waals surface area contributed by atoms with Crippen LogP contribution in [0.15, 0.2) is 72.9 Å². The van der Waals surface area contributed by atoms with E-state index in [0.717, 1.165) is 62.7 Å². The van der Waals surface area contributed by atoms with Crippen LogP contribution < -0.4 is 9.47 Å². The summed E-state index contributed by atoms with van der Waals surface area (Å²) in [6, 6.07) is 20.3. The fraction of sp³-hybridized carbons (Fsp3) is 0.143. The normalized spacial score (nSPS) is 13.8. The average molecular weight is 453 g/mol. The van der Waals surface area contributed by atoms with E-state index in [1.165, 1.54) is 5.57 Å². The van der Waals surface area contributed by atoms with Crippen LogP contribution in [-0.4, -0.2) is 34.5 Å². The van der Waals surface area contributed by atoms with E-state index in [9.17, 15) is 4.79 Å². The second-order valence-electron chi connectivity index (χ2n) is 8.03.